The van der Waals surface area contributed by atoms with E-state index < -0.39 is 0 Å². The zero-order chi connectivity index (χ0) is 14.5. The normalized spacial score (nSPS) is 26.3. The molecule has 2 fully saturated rings. The molecule has 4 nitrogen and oxygen atoms in total. The van der Waals surface area contributed by atoms with E-state index in [0.717, 1.165) is 42.9 Å². The molecular weight excluding hydrogens is 260 g/mol. The fourth-order valence-electron chi connectivity index (χ4n) is 3.83. The summed E-state index contributed by atoms with van der Waals surface area (Å²) in [5, 5.41) is 3.28. The highest BCUT2D eigenvalue weighted by molar-refractivity contribution is 5.30. The van der Waals surface area contributed by atoms with Gasteiger partial charge < -0.3 is 5.32 Å². The van der Waals surface area contributed by atoms with Gasteiger partial charge in [-0.15, -0.1) is 0 Å². The van der Waals surface area contributed by atoms with Gasteiger partial charge in [0.05, 0.1) is 18.1 Å². The number of nitrogens with one attached hydrogen (secondary N) is 1. The van der Waals surface area contributed by atoms with E-state index in [1.165, 1.54) is 45.2 Å². The SMILES string of the molecule is CCCNc1cnc(CN2CCC3CCCCC3C2)cn1. The minimum atomic E-state index is 0.895. The average molecular weight is 288 g/mol. The predicted octanol–water partition coefficient (Wildman–Crippen LogP) is 3.31. The van der Waals surface area contributed by atoms with Crippen molar-refractivity contribution in [3.05, 3.63) is 18.1 Å². The van der Waals surface area contributed by atoms with Crippen LogP contribution in [0.4, 0.5) is 5.82 Å². The second-order valence-electron chi connectivity index (χ2n) is 6.65. The molecule has 0 amide bonds. The Bertz CT molecular complexity index is 431. The fourth-order valence-corrected chi connectivity index (χ4v) is 3.83. The van der Waals surface area contributed by atoms with E-state index in [2.05, 4.69) is 27.1 Å². The third kappa shape index (κ3) is 3.94. The molecule has 116 valence electrons. The first-order valence-corrected chi connectivity index (χ1v) is 8.62. The van der Waals surface area contributed by atoms with E-state index in [1.54, 1.807) is 0 Å². The van der Waals surface area contributed by atoms with Gasteiger partial charge in [-0.1, -0.05) is 26.2 Å². The zero-order valence-electron chi connectivity index (χ0n) is 13.2. The first-order chi connectivity index (χ1) is 10.3. The Morgan fingerprint density at radius 2 is 2.00 bits per heavy atom. The first-order valence-electron chi connectivity index (χ1n) is 8.62. The number of anilines is 1. The van der Waals surface area contributed by atoms with Crippen LogP contribution in [-0.2, 0) is 6.54 Å². The summed E-state index contributed by atoms with van der Waals surface area (Å²) in [6.07, 6.45) is 12.1. The van der Waals surface area contributed by atoms with E-state index in [0.29, 0.717) is 0 Å². The largest absolute Gasteiger partial charge is 0.369 e. The number of likely N-dealkylation sites (tertiary alicyclic amines) is 1. The molecule has 4 heteroatoms. The van der Waals surface area contributed by atoms with Crippen molar-refractivity contribution in [2.24, 2.45) is 11.8 Å². The molecule has 0 spiro atoms. The summed E-state index contributed by atoms with van der Waals surface area (Å²) < 4.78 is 0. The van der Waals surface area contributed by atoms with Crippen molar-refractivity contribution in [3.8, 4) is 0 Å². The number of hydrogen-bond donors (Lipinski definition) is 1. The molecule has 1 saturated heterocycles. The fraction of sp³-hybridized carbons (Fsp3) is 0.765. The van der Waals surface area contributed by atoms with Crippen molar-refractivity contribution in [2.45, 2.75) is 52.0 Å². The van der Waals surface area contributed by atoms with Crippen LogP contribution in [0.5, 0.6) is 0 Å². The Kier molecular flexibility index (Phi) is 5.07. The third-order valence-corrected chi connectivity index (χ3v) is 5.02. The molecule has 2 atom stereocenters. The Labute approximate surface area is 128 Å². The van der Waals surface area contributed by atoms with E-state index in [9.17, 15) is 0 Å². The van der Waals surface area contributed by atoms with Crippen molar-refractivity contribution in [1.29, 1.82) is 0 Å². The maximum atomic E-state index is 4.56. The summed E-state index contributed by atoms with van der Waals surface area (Å²) in [6, 6.07) is 0. The third-order valence-electron chi connectivity index (χ3n) is 5.02. The van der Waals surface area contributed by atoms with E-state index >= 15 is 0 Å². The van der Waals surface area contributed by atoms with Gasteiger partial charge in [-0.05, 0) is 37.6 Å². The molecule has 0 radical (unpaired) electrons. The Morgan fingerprint density at radius 3 is 2.76 bits per heavy atom. The minimum Gasteiger partial charge on any atom is -0.369 e. The second kappa shape index (κ2) is 7.21. The lowest BCUT2D eigenvalue weighted by atomic mass is 9.75. The molecule has 21 heavy (non-hydrogen) atoms. The van der Waals surface area contributed by atoms with Gasteiger partial charge >= 0.3 is 0 Å². The topological polar surface area (TPSA) is 41.1 Å². The molecule has 1 N–H and O–H groups in total. The molecule has 1 saturated carbocycles. The molecule has 2 aliphatic rings. The highest BCUT2D eigenvalue weighted by atomic mass is 15.1. The van der Waals surface area contributed by atoms with Crippen molar-refractivity contribution in [2.75, 3.05) is 25.0 Å². The average Bonchev–Trinajstić information content (AvgIpc) is 2.54. The summed E-state index contributed by atoms with van der Waals surface area (Å²) in [4.78, 5) is 11.6. The molecule has 1 aromatic rings. The second-order valence-corrected chi connectivity index (χ2v) is 6.65. The minimum absolute atomic E-state index is 0.895. The lowest BCUT2D eigenvalue weighted by Gasteiger charge is -2.41. The standard InChI is InChI=1S/C17H28N4/c1-2-8-18-17-11-19-16(10-20-17)13-21-9-7-14-5-3-4-6-15(14)12-21/h10-11,14-15H,2-9,12-13H2,1H3,(H,18,20). The highest BCUT2D eigenvalue weighted by Gasteiger charge is 2.30. The van der Waals surface area contributed by atoms with Crippen LogP contribution in [-0.4, -0.2) is 34.5 Å². The van der Waals surface area contributed by atoms with E-state index in [4.69, 9.17) is 0 Å². The van der Waals surface area contributed by atoms with Crippen LogP contribution in [0.15, 0.2) is 12.4 Å². The van der Waals surface area contributed by atoms with Crippen LogP contribution in [0.3, 0.4) is 0 Å². The number of rotatable bonds is 5. The molecule has 0 aromatic carbocycles. The molecule has 1 aliphatic heterocycles. The van der Waals surface area contributed by atoms with Crippen LogP contribution in [0.1, 0.15) is 51.1 Å². The first kappa shape index (κ1) is 14.8. The van der Waals surface area contributed by atoms with Gasteiger partial charge in [-0.3, -0.25) is 9.88 Å². The quantitative estimate of drug-likeness (QED) is 0.902. The van der Waals surface area contributed by atoms with Crippen LogP contribution in [0, 0.1) is 11.8 Å². The van der Waals surface area contributed by atoms with Gasteiger partial charge in [0.2, 0.25) is 0 Å². The van der Waals surface area contributed by atoms with Gasteiger partial charge in [-0.25, -0.2) is 4.98 Å². The molecule has 1 aliphatic carbocycles. The Balaban J connectivity index is 1.52. The summed E-state index contributed by atoms with van der Waals surface area (Å²) in [5.41, 5.74) is 1.10. The zero-order valence-corrected chi connectivity index (χ0v) is 13.2. The van der Waals surface area contributed by atoms with Crippen LogP contribution in [0.2, 0.25) is 0 Å². The Hall–Kier alpha value is -1.16. The molecule has 2 unspecified atom stereocenters. The Morgan fingerprint density at radius 1 is 1.14 bits per heavy atom. The van der Waals surface area contributed by atoms with Gasteiger partial charge in [0, 0.05) is 19.6 Å². The van der Waals surface area contributed by atoms with Crippen molar-refractivity contribution < 1.29 is 0 Å². The van der Waals surface area contributed by atoms with E-state index in [1.807, 2.05) is 12.4 Å². The van der Waals surface area contributed by atoms with Gasteiger partial charge in [0.1, 0.15) is 5.82 Å². The maximum Gasteiger partial charge on any atom is 0.144 e. The number of piperidine rings is 1. The van der Waals surface area contributed by atoms with Crippen molar-refractivity contribution in [3.63, 3.8) is 0 Å². The molecule has 0 bridgehead atoms. The molecule has 2 heterocycles. The van der Waals surface area contributed by atoms with Crippen LogP contribution >= 0.6 is 0 Å². The smallest absolute Gasteiger partial charge is 0.144 e. The number of hydrogen-bond acceptors (Lipinski definition) is 4. The number of nitrogens with zero attached hydrogens (tertiary/aromatic N) is 3. The summed E-state index contributed by atoms with van der Waals surface area (Å²) >= 11 is 0. The maximum absolute atomic E-state index is 4.56. The molecule has 1 aromatic heterocycles. The highest BCUT2D eigenvalue weighted by Crippen LogP contribution is 2.36. The van der Waals surface area contributed by atoms with Crippen LogP contribution in [0.25, 0.3) is 0 Å². The number of fused-ring (bicyclic) bond motifs is 1. The lowest BCUT2D eigenvalue weighted by Crippen LogP contribution is -2.41. The van der Waals surface area contributed by atoms with Crippen LogP contribution < -0.4 is 5.32 Å². The summed E-state index contributed by atoms with van der Waals surface area (Å²) in [6.45, 7) is 6.58. The van der Waals surface area contributed by atoms with Gasteiger partial charge in [-0.2, -0.15) is 0 Å². The summed E-state index contributed by atoms with van der Waals surface area (Å²) in [7, 11) is 0. The van der Waals surface area contributed by atoms with Crippen molar-refractivity contribution >= 4 is 5.82 Å². The summed E-state index contributed by atoms with van der Waals surface area (Å²) in [5.74, 6) is 2.83. The molecule has 3 rings (SSSR count). The predicted molar refractivity (Wildman–Crippen MR) is 86.2 cm³/mol. The van der Waals surface area contributed by atoms with Gasteiger partial charge in [0.15, 0.2) is 0 Å². The van der Waals surface area contributed by atoms with E-state index in [-0.39, 0.29) is 0 Å². The monoisotopic (exact) mass is 288 g/mol. The number of aromatic nitrogens is 2. The molecular formula is C17H28N4. The van der Waals surface area contributed by atoms with Gasteiger partial charge in [0.25, 0.3) is 0 Å². The lowest BCUT2D eigenvalue weighted by molar-refractivity contribution is 0.0811. The van der Waals surface area contributed by atoms with Crippen molar-refractivity contribution in [1.82, 2.24) is 14.9 Å².